The van der Waals surface area contributed by atoms with Crippen molar-refractivity contribution in [2.75, 3.05) is 10.6 Å². The molecule has 11 nitrogen and oxygen atoms in total. The molecule has 0 saturated heterocycles. The number of hydrogen-bond donors (Lipinski definition) is 2. The maximum absolute atomic E-state index is 11.1. The topological polar surface area (TPSA) is 141 Å². The number of fused-ring (bicyclic) bond motifs is 2. The summed E-state index contributed by atoms with van der Waals surface area (Å²) >= 11 is 0. The Balaban J connectivity index is 1.95. The first-order chi connectivity index (χ1) is 10.0. The van der Waals surface area contributed by atoms with Gasteiger partial charge in [-0.25, -0.2) is 14.6 Å². The minimum absolute atomic E-state index is 0.190. The molecule has 0 aromatic carbocycles. The first kappa shape index (κ1) is 13.0. The normalized spacial score (nSPS) is 20.1. The zero-order valence-electron chi connectivity index (χ0n) is 11.0. The standard InChI is InChI=1S/C10H10N6O5/c1-3(17)19-9-10(20-4(2)18)14-6-5(13-9)11-7-8(12-6)16-21-15-7/h9-10H,1-2H3,(H,11,13,15)(H,12,14,16). The molecule has 2 aromatic heterocycles. The molecule has 0 aliphatic carbocycles. The van der Waals surface area contributed by atoms with E-state index in [1.54, 1.807) is 0 Å². The summed E-state index contributed by atoms with van der Waals surface area (Å²) in [7, 11) is 0. The Morgan fingerprint density at radius 3 is 1.76 bits per heavy atom. The maximum Gasteiger partial charge on any atom is 0.304 e. The van der Waals surface area contributed by atoms with E-state index in [-0.39, 0.29) is 22.9 Å². The molecule has 2 N–H and O–H groups in total. The van der Waals surface area contributed by atoms with Gasteiger partial charge in [0.05, 0.1) is 0 Å². The van der Waals surface area contributed by atoms with Crippen molar-refractivity contribution in [2.24, 2.45) is 0 Å². The summed E-state index contributed by atoms with van der Waals surface area (Å²) in [5.74, 6) is -0.556. The van der Waals surface area contributed by atoms with Gasteiger partial charge in [0.25, 0.3) is 0 Å². The molecule has 0 fully saturated rings. The van der Waals surface area contributed by atoms with Crippen molar-refractivity contribution in [3.8, 4) is 0 Å². The predicted octanol–water partition coefficient (Wildman–Crippen LogP) is -0.371. The lowest BCUT2D eigenvalue weighted by Crippen LogP contribution is -2.48. The van der Waals surface area contributed by atoms with Gasteiger partial charge in [0.2, 0.25) is 23.8 Å². The molecular formula is C10H10N6O5. The Bertz CT molecular complexity index is 657. The van der Waals surface area contributed by atoms with Crippen molar-refractivity contribution >= 4 is 34.9 Å². The van der Waals surface area contributed by atoms with Gasteiger partial charge < -0.3 is 20.1 Å². The number of carbonyl (C=O) groups is 2. The summed E-state index contributed by atoms with van der Waals surface area (Å²) in [5, 5.41) is 12.7. The zero-order valence-corrected chi connectivity index (χ0v) is 11.0. The molecule has 1 aliphatic rings. The Morgan fingerprint density at radius 1 is 0.952 bits per heavy atom. The molecular weight excluding hydrogens is 284 g/mol. The largest absolute Gasteiger partial charge is 0.436 e. The van der Waals surface area contributed by atoms with E-state index in [0.717, 1.165) is 0 Å². The van der Waals surface area contributed by atoms with Gasteiger partial charge in [0.1, 0.15) is 0 Å². The van der Waals surface area contributed by atoms with Gasteiger partial charge in [-0.05, 0) is 10.3 Å². The zero-order chi connectivity index (χ0) is 15.0. The van der Waals surface area contributed by atoms with Gasteiger partial charge in [-0.15, -0.1) is 0 Å². The summed E-state index contributed by atoms with van der Waals surface area (Å²) in [6.07, 6.45) is -1.91. The van der Waals surface area contributed by atoms with Gasteiger partial charge in [-0.3, -0.25) is 9.59 Å². The minimum atomic E-state index is -0.953. The smallest absolute Gasteiger partial charge is 0.304 e. The van der Waals surface area contributed by atoms with Crippen LogP contribution in [0.15, 0.2) is 4.63 Å². The van der Waals surface area contributed by atoms with E-state index in [9.17, 15) is 9.59 Å². The number of nitrogens with one attached hydrogen (secondary N) is 2. The van der Waals surface area contributed by atoms with Crippen LogP contribution in [0.4, 0.5) is 11.6 Å². The second kappa shape index (κ2) is 4.85. The number of nitrogens with zero attached hydrogens (tertiary/aromatic N) is 4. The van der Waals surface area contributed by atoms with Crippen molar-refractivity contribution < 1.29 is 23.7 Å². The fourth-order valence-corrected chi connectivity index (χ4v) is 1.80. The van der Waals surface area contributed by atoms with E-state index in [1.165, 1.54) is 13.8 Å². The van der Waals surface area contributed by atoms with Crippen LogP contribution in [-0.4, -0.2) is 44.7 Å². The van der Waals surface area contributed by atoms with Gasteiger partial charge in [-0.1, -0.05) is 0 Å². The van der Waals surface area contributed by atoms with E-state index in [1.807, 2.05) is 0 Å². The summed E-state index contributed by atoms with van der Waals surface area (Å²) in [5.41, 5.74) is 0.381. The maximum atomic E-state index is 11.1. The number of anilines is 2. The number of ether oxygens (including phenoxy) is 2. The van der Waals surface area contributed by atoms with E-state index < -0.39 is 24.4 Å². The summed E-state index contributed by atoms with van der Waals surface area (Å²) in [4.78, 5) is 30.5. The minimum Gasteiger partial charge on any atom is -0.436 e. The molecule has 0 radical (unpaired) electrons. The second-order valence-corrected chi connectivity index (χ2v) is 4.18. The highest BCUT2D eigenvalue weighted by Gasteiger charge is 2.34. The third-order valence-corrected chi connectivity index (χ3v) is 2.53. The first-order valence-corrected chi connectivity index (χ1v) is 5.91. The van der Waals surface area contributed by atoms with Crippen molar-refractivity contribution in [1.82, 2.24) is 20.3 Å². The highest BCUT2D eigenvalue weighted by molar-refractivity contribution is 5.76. The third-order valence-electron chi connectivity index (χ3n) is 2.53. The van der Waals surface area contributed by atoms with Crippen molar-refractivity contribution in [3.63, 3.8) is 0 Å². The molecule has 0 amide bonds. The number of carbonyl (C=O) groups excluding carboxylic acids is 2. The Labute approximate surface area is 117 Å². The molecule has 2 unspecified atom stereocenters. The summed E-state index contributed by atoms with van der Waals surface area (Å²) in [6.45, 7) is 2.47. The quantitative estimate of drug-likeness (QED) is 0.700. The Hall–Kier alpha value is -2.98. The molecule has 2 atom stereocenters. The molecule has 3 heterocycles. The van der Waals surface area contributed by atoms with Crippen LogP contribution in [0.2, 0.25) is 0 Å². The molecule has 21 heavy (non-hydrogen) atoms. The van der Waals surface area contributed by atoms with Gasteiger partial charge >= 0.3 is 11.9 Å². The molecule has 0 bridgehead atoms. The SMILES string of the molecule is CC(=O)OC1Nc2nc3nonc3nc2NC1OC(C)=O. The van der Waals surface area contributed by atoms with Crippen LogP contribution >= 0.6 is 0 Å². The monoisotopic (exact) mass is 294 g/mol. The first-order valence-electron chi connectivity index (χ1n) is 5.91. The van der Waals surface area contributed by atoms with Crippen LogP contribution in [-0.2, 0) is 19.1 Å². The predicted molar refractivity (Wildman–Crippen MR) is 65.7 cm³/mol. The van der Waals surface area contributed by atoms with Crippen LogP contribution in [0.5, 0.6) is 0 Å². The molecule has 0 saturated carbocycles. The Morgan fingerprint density at radius 2 is 1.38 bits per heavy atom. The van der Waals surface area contributed by atoms with Crippen LogP contribution in [0.25, 0.3) is 11.3 Å². The molecule has 11 heteroatoms. The Kier molecular flexibility index (Phi) is 3.01. The molecule has 2 aromatic rings. The fourth-order valence-electron chi connectivity index (χ4n) is 1.80. The van der Waals surface area contributed by atoms with Gasteiger partial charge in [0.15, 0.2) is 11.6 Å². The highest BCUT2D eigenvalue weighted by Crippen LogP contribution is 2.27. The van der Waals surface area contributed by atoms with Crippen LogP contribution in [0.3, 0.4) is 0 Å². The molecule has 0 spiro atoms. The number of hydrogen-bond acceptors (Lipinski definition) is 11. The van der Waals surface area contributed by atoms with E-state index >= 15 is 0 Å². The average molecular weight is 294 g/mol. The van der Waals surface area contributed by atoms with E-state index in [4.69, 9.17) is 9.47 Å². The second-order valence-electron chi connectivity index (χ2n) is 4.18. The molecule has 110 valence electrons. The van der Waals surface area contributed by atoms with Crippen LogP contribution in [0, 0.1) is 0 Å². The van der Waals surface area contributed by atoms with Gasteiger partial charge in [-0.2, -0.15) is 0 Å². The lowest BCUT2D eigenvalue weighted by molar-refractivity contribution is -0.161. The van der Waals surface area contributed by atoms with Crippen molar-refractivity contribution in [3.05, 3.63) is 0 Å². The number of esters is 2. The lowest BCUT2D eigenvalue weighted by Gasteiger charge is -2.32. The summed E-state index contributed by atoms with van der Waals surface area (Å²) in [6, 6.07) is 0. The number of aromatic nitrogens is 4. The highest BCUT2D eigenvalue weighted by atomic mass is 16.6. The summed E-state index contributed by atoms with van der Waals surface area (Å²) < 4.78 is 14.6. The molecule has 1 aliphatic heterocycles. The van der Waals surface area contributed by atoms with Crippen molar-refractivity contribution in [1.29, 1.82) is 0 Å². The van der Waals surface area contributed by atoms with E-state index in [2.05, 4.69) is 35.5 Å². The third kappa shape index (κ3) is 2.52. The van der Waals surface area contributed by atoms with E-state index in [0.29, 0.717) is 0 Å². The fraction of sp³-hybridized carbons (Fsp3) is 0.400. The molecule has 3 rings (SSSR count). The number of rotatable bonds is 2. The van der Waals surface area contributed by atoms with Crippen LogP contribution in [0.1, 0.15) is 13.8 Å². The van der Waals surface area contributed by atoms with Crippen molar-refractivity contribution in [2.45, 2.75) is 26.3 Å². The average Bonchev–Trinajstić information content (AvgIpc) is 2.82. The van der Waals surface area contributed by atoms with Gasteiger partial charge in [0, 0.05) is 13.8 Å². The van der Waals surface area contributed by atoms with Crippen LogP contribution < -0.4 is 10.6 Å². The lowest BCUT2D eigenvalue weighted by atomic mass is 10.3.